The molecule has 1 aliphatic rings. The fourth-order valence-electron chi connectivity index (χ4n) is 3.35. The molecule has 1 N–H and O–H groups in total. The molecule has 0 spiro atoms. The van der Waals surface area contributed by atoms with Crippen LogP contribution in [-0.2, 0) is 4.79 Å². The smallest absolute Gasteiger partial charge is 0.249 e. The van der Waals surface area contributed by atoms with E-state index >= 15 is 0 Å². The van der Waals surface area contributed by atoms with Crippen LogP contribution in [0.1, 0.15) is 18.4 Å². The first kappa shape index (κ1) is 18.0. The summed E-state index contributed by atoms with van der Waals surface area (Å²) in [6, 6.07) is 15.2. The van der Waals surface area contributed by atoms with Gasteiger partial charge >= 0.3 is 0 Å². The molecule has 0 unspecified atom stereocenters. The first-order valence-corrected chi connectivity index (χ1v) is 9.38. The maximum Gasteiger partial charge on any atom is 0.249 e. The van der Waals surface area contributed by atoms with Crippen LogP contribution >= 0.6 is 0 Å². The van der Waals surface area contributed by atoms with Gasteiger partial charge in [0.05, 0.1) is 18.1 Å². The Morgan fingerprint density at radius 2 is 1.71 bits per heavy atom. The Hall–Kier alpha value is -3.41. The van der Waals surface area contributed by atoms with Gasteiger partial charge in [0.15, 0.2) is 11.6 Å². The van der Waals surface area contributed by atoms with Crippen molar-refractivity contribution < 1.29 is 9.53 Å². The SMILES string of the molecule is COc1ccccc1/C=C/C(=O)Nc1nc2ccccc2nc1N1CCCC1. The van der Waals surface area contributed by atoms with E-state index in [0.717, 1.165) is 54.1 Å². The van der Waals surface area contributed by atoms with Crippen LogP contribution in [0.3, 0.4) is 0 Å². The minimum absolute atomic E-state index is 0.254. The molecule has 142 valence electrons. The Kier molecular flexibility index (Phi) is 5.19. The van der Waals surface area contributed by atoms with E-state index in [0.29, 0.717) is 5.82 Å². The van der Waals surface area contributed by atoms with Crippen molar-refractivity contribution in [3.8, 4) is 5.75 Å². The van der Waals surface area contributed by atoms with Crippen molar-refractivity contribution in [2.24, 2.45) is 0 Å². The summed E-state index contributed by atoms with van der Waals surface area (Å²) in [5.74, 6) is 1.69. The third kappa shape index (κ3) is 3.81. The zero-order valence-corrected chi connectivity index (χ0v) is 15.8. The number of carbonyl (C=O) groups is 1. The zero-order valence-electron chi connectivity index (χ0n) is 15.8. The Bertz CT molecular complexity index is 1030. The van der Waals surface area contributed by atoms with Gasteiger partial charge in [-0.05, 0) is 37.1 Å². The summed E-state index contributed by atoms with van der Waals surface area (Å²) < 4.78 is 5.32. The summed E-state index contributed by atoms with van der Waals surface area (Å²) in [5.41, 5.74) is 2.42. The molecular weight excluding hydrogens is 352 g/mol. The standard InChI is InChI=1S/C22H22N4O2/c1-28-19-11-5-2-8-16(19)12-13-20(27)25-21-22(26-14-6-7-15-26)24-18-10-4-3-9-17(18)23-21/h2-5,8-13H,6-7,14-15H2,1H3,(H,23,25,27)/b13-12+. The molecule has 2 aromatic carbocycles. The lowest BCUT2D eigenvalue weighted by Crippen LogP contribution is -2.22. The molecule has 1 saturated heterocycles. The first-order chi connectivity index (χ1) is 13.7. The predicted octanol–water partition coefficient (Wildman–Crippen LogP) is 3.89. The molecule has 2 heterocycles. The number of nitrogens with zero attached hydrogens (tertiary/aromatic N) is 3. The van der Waals surface area contributed by atoms with Crippen LogP contribution in [0.15, 0.2) is 54.6 Å². The number of rotatable bonds is 5. The lowest BCUT2D eigenvalue weighted by Gasteiger charge is -2.19. The van der Waals surface area contributed by atoms with Gasteiger partial charge in [-0.2, -0.15) is 0 Å². The number of para-hydroxylation sites is 3. The van der Waals surface area contributed by atoms with Crippen molar-refractivity contribution in [3.63, 3.8) is 0 Å². The zero-order chi connectivity index (χ0) is 19.3. The van der Waals surface area contributed by atoms with Crippen LogP contribution in [0.2, 0.25) is 0 Å². The van der Waals surface area contributed by atoms with Crippen molar-refractivity contribution >= 4 is 34.7 Å². The number of fused-ring (bicyclic) bond motifs is 1. The number of hydrogen-bond donors (Lipinski definition) is 1. The number of aromatic nitrogens is 2. The number of amides is 1. The topological polar surface area (TPSA) is 67.3 Å². The van der Waals surface area contributed by atoms with E-state index in [-0.39, 0.29) is 5.91 Å². The maximum absolute atomic E-state index is 12.6. The highest BCUT2D eigenvalue weighted by Gasteiger charge is 2.20. The van der Waals surface area contributed by atoms with Gasteiger partial charge in [-0.1, -0.05) is 30.3 Å². The van der Waals surface area contributed by atoms with Crippen LogP contribution in [0, 0.1) is 0 Å². The van der Waals surface area contributed by atoms with Gasteiger partial charge in [-0.15, -0.1) is 0 Å². The van der Waals surface area contributed by atoms with Crippen LogP contribution in [-0.4, -0.2) is 36.1 Å². The number of methoxy groups -OCH3 is 1. The number of anilines is 2. The highest BCUT2D eigenvalue weighted by atomic mass is 16.5. The Labute approximate surface area is 163 Å². The highest BCUT2D eigenvalue weighted by Crippen LogP contribution is 2.28. The third-order valence-corrected chi connectivity index (χ3v) is 4.75. The molecule has 0 atom stereocenters. The van der Waals surface area contributed by atoms with E-state index < -0.39 is 0 Å². The summed E-state index contributed by atoms with van der Waals surface area (Å²) in [4.78, 5) is 24.2. The van der Waals surface area contributed by atoms with E-state index in [9.17, 15) is 4.79 Å². The number of hydrogen-bond acceptors (Lipinski definition) is 5. The number of ether oxygens (including phenoxy) is 1. The van der Waals surface area contributed by atoms with Crippen molar-refractivity contribution in [3.05, 3.63) is 60.2 Å². The summed E-state index contributed by atoms with van der Waals surface area (Å²) in [5, 5.41) is 2.91. The lowest BCUT2D eigenvalue weighted by molar-refractivity contribution is -0.111. The lowest BCUT2D eigenvalue weighted by atomic mass is 10.2. The average molecular weight is 374 g/mol. The molecule has 28 heavy (non-hydrogen) atoms. The number of carbonyl (C=O) groups excluding carboxylic acids is 1. The van der Waals surface area contributed by atoms with Crippen molar-refractivity contribution in [1.29, 1.82) is 0 Å². The van der Waals surface area contributed by atoms with Crippen LogP contribution < -0.4 is 15.0 Å². The van der Waals surface area contributed by atoms with Gasteiger partial charge < -0.3 is 15.0 Å². The Morgan fingerprint density at radius 3 is 2.46 bits per heavy atom. The minimum Gasteiger partial charge on any atom is -0.496 e. The molecule has 0 aliphatic carbocycles. The van der Waals surface area contributed by atoms with E-state index in [1.807, 2.05) is 48.5 Å². The Balaban J connectivity index is 1.61. The van der Waals surface area contributed by atoms with Crippen molar-refractivity contribution in [2.75, 3.05) is 30.4 Å². The van der Waals surface area contributed by atoms with Gasteiger partial charge in [0.1, 0.15) is 5.75 Å². The van der Waals surface area contributed by atoms with Gasteiger partial charge in [-0.3, -0.25) is 4.79 Å². The van der Waals surface area contributed by atoms with Crippen LogP contribution in [0.4, 0.5) is 11.6 Å². The summed E-state index contributed by atoms with van der Waals surface area (Å²) in [6.45, 7) is 1.85. The minimum atomic E-state index is -0.254. The molecule has 1 fully saturated rings. The molecule has 6 nitrogen and oxygen atoms in total. The van der Waals surface area contributed by atoms with Crippen molar-refractivity contribution in [2.45, 2.75) is 12.8 Å². The fourth-order valence-corrected chi connectivity index (χ4v) is 3.35. The summed E-state index contributed by atoms with van der Waals surface area (Å²) in [7, 11) is 1.61. The Morgan fingerprint density at radius 1 is 1.04 bits per heavy atom. The third-order valence-electron chi connectivity index (χ3n) is 4.75. The number of nitrogens with one attached hydrogen (secondary N) is 1. The largest absolute Gasteiger partial charge is 0.496 e. The second kappa shape index (κ2) is 8.08. The summed E-state index contributed by atoms with van der Waals surface area (Å²) >= 11 is 0. The normalized spacial score (nSPS) is 14.0. The second-order valence-corrected chi connectivity index (χ2v) is 6.64. The van der Waals surface area contributed by atoms with E-state index in [2.05, 4.69) is 15.2 Å². The van der Waals surface area contributed by atoms with Gasteiger partial charge in [0, 0.05) is 24.7 Å². The van der Waals surface area contributed by atoms with Gasteiger partial charge in [0.2, 0.25) is 5.91 Å². The molecule has 1 aliphatic heterocycles. The van der Waals surface area contributed by atoms with Crippen LogP contribution in [0.5, 0.6) is 5.75 Å². The first-order valence-electron chi connectivity index (χ1n) is 9.38. The molecule has 0 bridgehead atoms. The molecule has 1 aromatic heterocycles. The van der Waals surface area contributed by atoms with Crippen molar-refractivity contribution in [1.82, 2.24) is 9.97 Å². The quantitative estimate of drug-likeness (QED) is 0.686. The monoisotopic (exact) mass is 374 g/mol. The van der Waals surface area contributed by atoms with Crippen LogP contribution in [0.25, 0.3) is 17.1 Å². The van der Waals surface area contributed by atoms with Gasteiger partial charge in [0.25, 0.3) is 0 Å². The summed E-state index contributed by atoms with van der Waals surface area (Å²) in [6.07, 6.45) is 5.46. The van der Waals surface area contributed by atoms with E-state index in [1.54, 1.807) is 13.2 Å². The molecule has 3 aromatic rings. The number of benzene rings is 2. The molecule has 1 amide bonds. The molecule has 4 rings (SSSR count). The van der Waals surface area contributed by atoms with Gasteiger partial charge in [-0.25, -0.2) is 9.97 Å². The second-order valence-electron chi connectivity index (χ2n) is 6.64. The van der Waals surface area contributed by atoms with E-state index in [4.69, 9.17) is 9.72 Å². The van der Waals surface area contributed by atoms with E-state index in [1.165, 1.54) is 6.08 Å². The maximum atomic E-state index is 12.6. The fraction of sp³-hybridized carbons (Fsp3) is 0.227. The predicted molar refractivity (Wildman–Crippen MR) is 112 cm³/mol. The highest BCUT2D eigenvalue weighted by molar-refractivity contribution is 6.03. The molecular formula is C22H22N4O2. The molecule has 0 saturated carbocycles. The molecule has 6 heteroatoms. The molecule has 0 radical (unpaired) electrons. The average Bonchev–Trinajstić information content (AvgIpc) is 3.26.